The first-order chi connectivity index (χ1) is 13.9. The van der Waals surface area contributed by atoms with Crippen LogP contribution in [-0.4, -0.2) is 29.1 Å². The third-order valence-electron chi connectivity index (χ3n) is 4.08. The van der Waals surface area contributed by atoms with E-state index in [4.69, 9.17) is 0 Å². The molecule has 3 aromatic rings. The molecule has 0 radical (unpaired) electrons. The monoisotopic (exact) mass is 409 g/mol. The highest BCUT2D eigenvalue weighted by atomic mass is 32.1. The number of para-hydroxylation sites is 1. The van der Waals surface area contributed by atoms with Crippen molar-refractivity contribution in [2.24, 2.45) is 5.10 Å². The maximum Gasteiger partial charge on any atom is 0.293 e. The highest BCUT2D eigenvalue weighted by Crippen LogP contribution is 2.32. The molecule has 8 nitrogen and oxygen atoms in total. The number of hydrazone groups is 1. The molecule has 0 aliphatic carbocycles. The molecule has 3 rings (SSSR count). The minimum atomic E-state index is -0.435. The van der Waals surface area contributed by atoms with Gasteiger partial charge in [0.2, 0.25) is 5.91 Å². The van der Waals surface area contributed by atoms with Crippen LogP contribution in [-0.2, 0) is 11.2 Å². The number of nitro groups is 1. The van der Waals surface area contributed by atoms with Crippen molar-refractivity contribution in [2.75, 3.05) is 11.9 Å². The fourth-order valence-electron chi connectivity index (χ4n) is 2.68. The summed E-state index contributed by atoms with van der Waals surface area (Å²) in [6, 6.07) is 14.2. The van der Waals surface area contributed by atoms with Gasteiger partial charge in [-0.2, -0.15) is 5.10 Å². The first-order valence-electron chi connectivity index (χ1n) is 8.74. The van der Waals surface area contributed by atoms with Gasteiger partial charge >= 0.3 is 0 Å². The zero-order valence-electron chi connectivity index (χ0n) is 15.9. The Balaban J connectivity index is 1.72. The number of hydrogen-bond donors (Lipinski definition) is 1. The molecule has 0 saturated heterocycles. The molecule has 0 bridgehead atoms. The van der Waals surface area contributed by atoms with Crippen LogP contribution in [0.1, 0.15) is 16.3 Å². The Morgan fingerprint density at radius 1 is 1.31 bits per heavy atom. The minimum absolute atomic E-state index is 0.0510. The van der Waals surface area contributed by atoms with Crippen molar-refractivity contribution in [3.8, 4) is 0 Å². The third kappa shape index (κ3) is 5.23. The standard InChI is InChI=1S/C20H19N5O3S/c1-14-13-29-20(22-14)11-19(26)23-21-12-15-8-9-17(18(10-15)25(27)28)24(2)16-6-4-3-5-7-16/h3-10,12-13H,11H2,1-2H3,(H,23,26)/b21-12-. The minimum Gasteiger partial charge on any atom is -0.339 e. The fourth-order valence-corrected chi connectivity index (χ4v) is 3.45. The van der Waals surface area contributed by atoms with E-state index in [1.54, 1.807) is 24.1 Å². The Morgan fingerprint density at radius 3 is 2.72 bits per heavy atom. The maximum atomic E-state index is 11.9. The molecule has 1 heterocycles. The number of carbonyl (C=O) groups is 1. The van der Waals surface area contributed by atoms with Gasteiger partial charge in [0.05, 0.1) is 17.6 Å². The highest BCUT2D eigenvalue weighted by Gasteiger charge is 2.18. The van der Waals surface area contributed by atoms with E-state index in [0.717, 1.165) is 11.4 Å². The zero-order valence-corrected chi connectivity index (χ0v) is 16.7. The summed E-state index contributed by atoms with van der Waals surface area (Å²) in [5.74, 6) is -0.300. The van der Waals surface area contributed by atoms with E-state index in [2.05, 4.69) is 15.5 Å². The van der Waals surface area contributed by atoms with Crippen molar-refractivity contribution >= 4 is 40.5 Å². The van der Waals surface area contributed by atoms with Gasteiger partial charge in [-0.25, -0.2) is 10.4 Å². The van der Waals surface area contributed by atoms with Crippen LogP contribution in [0, 0.1) is 17.0 Å². The molecule has 0 atom stereocenters. The second kappa shape index (κ2) is 9.07. The number of rotatable bonds is 7. The quantitative estimate of drug-likeness (QED) is 0.363. The number of amides is 1. The van der Waals surface area contributed by atoms with Gasteiger partial charge in [-0.15, -0.1) is 11.3 Å². The van der Waals surface area contributed by atoms with E-state index < -0.39 is 4.92 Å². The lowest BCUT2D eigenvalue weighted by Crippen LogP contribution is -2.19. The van der Waals surface area contributed by atoms with E-state index in [9.17, 15) is 14.9 Å². The normalized spacial score (nSPS) is 10.8. The molecule has 0 saturated carbocycles. The van der Waals surface area contributed by atoms with E-state index in [1.165, 1.54) is 23.6 Å². The number of nitrogens with zero attached hydrogens (tertiary/aromatic N) is 4. The molecule has 1 aromatic heterocycles. The average molecular weight is 409 g/mol. The molecule has 0 aliphatic rings. The first-order valence-corrected chi connectivity index (χ1v) is 9.62. The molecule has 29 heavy (non-hydrogen) atoms. The van der Waals surface area contributed by atoms with Gasteiger partial charge in [-0.3, -0.25) is 14.9 Å². The number of anilines is 2. The molecule has 148 valence electrons. The highest BCUT2D eigenvalue weighted by molar-refractivity contribution is 7.09. The second-order valence-electron chi connectivity index (χ2n) is 6.25. The summed E-state index contributed by atoms with van der Waals surface area (Å²) in [5.41, 5.74) is 5.04. The van der Waals surface area contributed by atoms with Gasteiger partial charge in [-0.05, 0) is 25.1 Å². The predicted octanol–water partition coefficient (Wildman–Crippen LogP) is 3.82. The topological polar surface area (TPSA) is 101 Å². The summed E-state index contributed by atoms with van der Waals surface area (Å²) in [5, 5.41) is 18.0. The van der Waals surface area contributed by atoms with Gasteiger partial charge in [0.25, 0.3) is 5.69 Å². The largest absolute Gasteiger partial charge is 0.339 e. The van der Waals surface area contributed by atoms with Crippen molar-refractivity contribution in [2.45, 2.75) is 13.3 Å². The van der Waals surface area contributed by atoms with Crippen LogP contribution < -0.4 is 10.3 Å². The number of aryl methyl sites for hydroxylation is 1. The lowest BCUT2D eigenvalue weighted by Gasteiger charge is -2.19. The molecule has 2 aromatic carbocycles. The zero-order chi connectivity index (χ0) is 20.8. The Labute approximate surface area is 171 Å². The van der Waals surface area contributed by atoms with Crippen molar-refractivity contribution < 1.29 is 9.72 Å². The molecular weight excluding hydrogens is 390 g/mol. The van der Waals surface area contributed by atoms with Gasteiger partial charge in [0.15, 0.2) is 0 Å². The number of nitrogens with one attached hydrogen (secondary N) is 1. The van der Waals surface area contributed by atoms with E-state index >= 15 is 0 Å². The third-order valence-corrected chi connectivity index (χ3v) is 5.05. The number of carbonyl (C=O) groups excluding carboxylic acids is 1. The summed E-state index contributed by atoms with van der Waals surface area (Å²) in [7, 11) is 1.77. The van der Waals surface area contributed by atoms with Gasteiger partial charge in [0.1, 0.15) is 10.7 Å². The Morgan fingerprint density at radius 2 is 2.07 bits per heavy atom. The average Bonchev–Trinajstić information content (AvgIpc) is 3.12. The molecule has 9 heteroatoms. The van der Waals surface area contributed by atoms with Crippen LogP contribution in [0.5, 0.6) is 0 Å². The van der Waals surface area contributed by atoms with Crippen LogP contribution in [0.3, 0.4) is 0 Å². The lowest BCUT2D eigenvalue weighted by molar-refractivity contribution is -0.384. The van der Waals surface area contributed by atoms with Gasteiger partial charge < -0.3 is 4.90 Å². The van der Waals surface area contributed by atoms with E-state index in [0.29, 0.717) is 16.3 Å². The summed E-state index contributed by atoms with van der Waals surface area (Å²) in [6.07, 6.45) is 1.51. The van der Waals surface area contributed by atoms with Crippen LogP contribution >= 0.6 is 11.3 Å². The summed E-state index contributed by atoms with van der Waals surface area (Å²) >= 11 is 1.41. The number of benzene rings is 2. The first kappa shape index (κ1) is 20.2. The molecule has 1 N–H and O–H groups in total. The molecule has 1 amide bonds. The van der Waals surface area contributed by atoms with E-state index in [1.807, 2.05) is 42.6 Å². The van der Waals surface area contributed by atoms with Crippen molar-refractivity contribution in [3.63, 3.8) is 0 Å². The van der Waals surface area contributed by atoms with Crippen LogP contribution in [0.15, 0.2) is 59.0 Å². The number of nitro benzene ring substituents is 1. The lowest BCUT2D eigenvalue weighted by atomic mass is 10.1. The second-order valence-corrected chi connectivity index (χ2v) is 7.20. The van der Waals surface area contributed by atoms with E-state index in [-0.39, 0.29) is 18.0 Å². The van der Waals surface area contributed by atoms with Gasteiger partial charge in [0, 0.05) is 35.4 Å². The summed E-state index contributed by atoms with van der Waals surface area (Å²) in [4.78, 5) is 29.0. The summed E-state index contributed by atoms with van der Waals surface area (Å²) in [6.45, 7) is 1.86. The molecule has 0 fully saturated rings. The summed E-state index contributed by atoms with van der Waals surface area (Å²) < 4.78 is 0. The van der Waals surface area contributed by atoms with Crippen molar-refractivity contribution in [1.82, 2.24) is 10.4 Å². The van der Waals surface area contributed by atoms with Crippen molar-refractivity contribution in [1.29, 1.82) is 0 Å². The molecule has 0 aliphatic heterocycles. The Hall–Kier alpha value is -3.59. The Kier molecular flexibility index (Phi) is 6.30. The van der Waals surface area contributed by atoms with Crippen LogP contribution in [0.25, 0.3) is 0 Å². The number of aromatic nitrogens is 1. The number of thiazole rings is 1. The number of hydrogen-bond acceptors (Lipinski definition) is 7. The maximum absolute atomic E-state index is 11.9. The van der Waals surface area contributed by atoms with Crippen molar-refractivity contribution in [3.05, 3.63) is 80.3 Å². The fraction of sp³-hybridized carbons (Fsp3) is 0.150. The molecule has 0 unspecified atom stereocenters. The SMILES string of the molecule is Cc1csc(CC(=O)N/N=C\c2ccc(N(C)c3ccccc3)c([N+](=O)[O-])c2)n1. The molecule has 0 spiro atoms. The molecular formula is C20H19N5O3S. The Bertz CT molecular complexity index is 1050. The smallest absolute Gasteiger partial charge is 0.293 e. The van der Waals surface area contributed by atoms with Gasteiger partial charge in [-0.1, -0.05) is 24.3 Å². The van der Waals surface area contributed by atoms with Crippen LogP contribution in [0.2, 0.25) is 0 Å². The van der Waals surface area contributed by atoms with Crippen LogP contribution in [0.4, 0.5) is 17.1 Å². The predicted molar refractivity (Wildman–Crippen MR) is 114 cm³/mol.